The van der Waals surface area contributed by atoms with E-state index in [0.29, 0.717) is 23.3 Å². The molecule has 1 N–H and O–H groups in total. The maximum atomic E-state index is 13.9. The second-order valence-corrected chi connectivity index (χ2v) is 4.73. The van der Waals surface area contributed by atoms with E-state index in [2.05, 4.69) is 5.32 Å². The molecule has 0 saturated heterocycles. The fourth-order valence-electron chi connectivity index (χ4n) is 1.99. The maximum absolute atomic E-state index is 13.9. The Bertz CT molecular complexity index is 578. The average molecular weight is 269 g/mol. The third-order valence-electron chi connectivity index (χ3n) is 2.85. The van der Waals surface area contributed by atoms with Gasteiger partial charge in [0.2, 0.25) is 0 Å². The minimum atomic E-state index is -0.647. The molecule has 2 rings (SSSR count). The Morgan fingerprint density at radius 3 is 2.68 bits per heavy atom. The molecular formula is C14H17F2NO2. The minimum absolute atomic E-state index is 0.213. The van der Waals surface area contributed by atoms with Crippen LogP contribution in [0.4, 0.5) is 8.78 Å². The maximum Gasteiger partial charge on any atom is 0.140 e. The Balaban J connectivity index is 2.50. The highest BCUT2D eigenvalue weighted by Crippen LogP contribution is 2.30. The van der Waals surface area contributed by atoms with Crippen molar-refractivity contribution in [1.29, 1.82) is 0 Å². The van der Waals surface area contributed by atoms with Gasteiger partial charge in [0.25, 0.3) is 0 Å². The van der Waals surface area contributed by atoms with Crippen LogP contribution >= 0.6 is 0 Å². The first-order chi connectivity index (χ1) is 9.02. The Morgan fingerprint density at radius 2 is 2.05 bits per heavy atom. The van der Waals surface area contributed by atoms with Gasteiger partial charge in [-0.25, -0.2) is 8.78 Å². The number of furan rings is 1. The number of methoxy groups -OCH3 is 1. The van der Waals surface area contributed by atoms with Gasteiger partial charge in [-0.3, -0.25) is 0 Å². The van der Waals surface area contributed by atoms with Crippen molar-refractivity contribution < 1.29 is 17.9 Å². The zero-order valence-corrected chi connectivity index (χ0v) is 11.2. The van der Waals surface area contributed by atoms with Crippen LogP contribution in [0.25, 0.3) is 11.0 Å². The van der Waals surface area contributed by atoms with Crippen molar-refractivity contribution in [3.63, 3.8) is 0 Å². The summed E-state index contributed by atoms with van der Waals surface area (Å²) >= 11 is 0. The van der Waals surface area contributed by atoms with Crippen LogP contribution in [0.2, 0.25) is 0 Å². The summed E-state index contributed by atoms with van der Waals surface area (Å²) in [6.07, 6.45) is 0. The first kappa shape index (κ1) is 14.0. The summed E-state index contributed by atoms with van der Waals surface area (Å²) in [5.41, 5.74) is 0.841. The molecule has 5 heteroatoms. The topological polar surface area (TPSA) is 34.4 Å². The molecule has 1 aromatic carbocycles. The fourth-order valence-corrected chi connectivity index (χ4v) is 1.99. The molecule has 0 unspecified atom stereocenters. The summed E-state index contributed by atoms with van der Waals surface area (Å²) in [4.78, 5) is 0. The van der Waals surface area contributed by atoms with Crippen molar-refractivity contribution in [3.05, 3.63) is 35.1 Å². The quantitative estimate of drug-likeness (QED) is 0.903. The summed E-state index contributed by atoms with van der Waals surface area (Å²) in [6, 6.07) is 2.32. The SMILES string of the molecule is COCc1c(CNC(C)C)oc2cc(F)cc(F)c12. The van der Waals surface area contributed by atoms with Crippen molar-refractivity contribution >= 4 is 11.0 Å². The molecule has 104 valence electrons. The van der Waals surface area contributed by atoms with Gasteiger partial charge < -0.3 is 14.5 Å². The number of hydrogen-bond acceptors (Lipinski definition) is 3. The van der Waals surface area contributed by atoms with Gasteiger partial charge in [0, 0.05) is 30.8 Å². The molecule has 19 heavy (non-hydrogen) atoms. The summed E-state index contributed by atoms with van der Waals surface area (Å²) in [6.45, 7) is 4.68. The number of hydrogen-bond donors (Lipinski definition) is 1. The number of halogens is 2. The lowest BCUT2D eigenvalue weighted by molar-refractivity contribution is 0.183. The van der Waals surface area contributed by atoms with Gasteiger partial charge in [-0.2, -0.15) is 0 Å². The van der Waals surface area contributed by atoms with Crippen molar-refractivity contribution in [2.24, 2.45) is 0 Å². The third-order valence-corrected chi connectivity index (χ3v) is 2.85. The van der Waals surface area contributed by atoms with E-state index in [-0.39, 0.29) is 18.2 Å². The molecule has 1 aromatic heterocycles. The molecule has 0 fully saturated rings. The van der Waals surface area contributed by atoms with E-state index < -0.39 is 11.6 Å². The monoisotopic (exact) mass is 269 g/mol. The van der Waals surface area contributed by atoms with Gasteiger partial charge in [0.1, 0.15) is 23.0 Å². The lowest BCUT2D eigenvalue weighted by Gasteiger charge is -2.07. The van der Waals surface area contributed by atoms with E-state index in [0.717, 1.165) is 6.07 Å². The van der Waals surface area contributed by atoms with E-state index in [1.807, 2.05) is 13.8 Å². The zero-order valence-electron chi connectivity index (χ0n) is 11.2. The van der Waals surface area contributed by atoms with E-state index >= 15 is 0 Å². The van der Waals surface area contributed by atoms with Crippen molar-refractivity contribution in [2.75, 3.05) is 7.11 Å². The van der Waals surface area contributed by atoms with Crippen LogP contribution in [0.15, 0.2) is 16.5 Å². The average Bonchev–Trinajstić information content (AvgIpc) is 2.65. The van der Waals surface area contributed by atoms with E-state index in [1.165, 1.54) is 13.2 Å². The fraction of sp³-hybridized carbons (Fsp3) is 0.429. The second-order valence-electron chi connectivity index (χ2n) is 4.73. The van der Waals surface area contributed by atoms with Gasteiger partial charge >= 0.3 is 0 Å². The van der Waals surface area contributed by atoms with Gasteiger partial charge in [0.05, 0.1) is 18.5 Å². The highest BCUT2D eigenvalue weighted by atomic mass is 19.1. The van der Waals surface area contributed by atoms with E-state index in [1.54, 1.807) is 0 Å². The van der Waals surface area contributed by atoms with Crippen LogP contribution in [0.3, 0.4) is 0 Å². The minimum Gasteiger partial charge on any atom is -0.459 e. The lowest BCUT2D eigenvalue weighted by Crippen LogP contribution is -2.22. The molecule has 2 aromatic rings. The number of benzene rings is 1. The number of ether oxygens (including phenoxy) is 1. The van der Waals surface area contributed by atoms with Crippen LogP contribution in [0, 0.1) is 11.6 Å². The highest BCUT2D eigenvalue weighted by Gasteiger charge is 2.18. The Morgan fingerprint density at radius 1 is 1.32 bits per heavy atom. The van der Waals surface area contributed by atoms with Gasteiger partial charge in [-0.1, -0.05) is 13.8 Å². The summed E-state index contributed by atoms with van der Waals surface area (Å²) in [5, 5.41) is 3.49. The summed E-state index contributed by atoms with van der Waals surface area (Å²) in [7, 11) is 1.53. The van der Waals surface area contributed by atoms with Crippen LogP contribution in [-0.2, 0) is 17.9 Å². The Kier molecular flexibility index (Phi) is 4.17. The Hall–Kier alpha value is -1.46. The van der Waals surface area contributed by atoms with E-state index in [4.69, 9.17) is 9.15 Å². The Labute approximate surface area is 110 Å². The smallest absolute Gasteiger partial charge is 0.140 e. The lowest BCUT2D eigenvalue weighted by atomic mass is 10.1. The standard InChI is InChI=1S/C14H17F2NO2/c1-8(2)17-6-13-10(7-18-3)14-11(16)4-9(15)5-12(14)19-13/h4-5,8,17H,6-7H2,1-3H3. The van der Waals surface area contributed by atoms with Crippen molar-refractivity contribution in [1.82, 2.24) is 5.32 Å². The summed E-state index contributed by atoms with van der Waals surface area (Å²) < 4.78 is 37.7. The van der Waals surface area contributed by atoms with Crippen molar-refractivity contribution in [2.45, 2.75) is 33.0 Å². The first-order valence-corrected chi connectivity index (χ1v) is 6.14. The number of rotatable bonds is 5. The van der Waals surface area contributed by atoms with Crippen LogP contribution in [-0.4, -0.2) is 13.2 Å². The predicted octanol–water partition coefficient (Wildman–Crippen LogP) is 3.36. The molecule has 0 aliphatic carbocycles. The molecule has 0 atom stereocenters. The molecule has 0 spiro atoms. The van der Waals surface area contributed by atoms with E-state index in [9.17, 15) is 8.78 Å². The zero-order chi connectivity index (χ0) is 14.0. The molecule has 0 aliphatic rings. The normalized spacial score (nSPS) is 11.7. The molecule has 0 bridgehead atoms. The highest BCUT2D eigenvalue weighted by molar-refractivity contribution is 5.83. The van der Waals surface area contributed by atoms with Crippen molar-refractivity contribution in [3.8, 4) is 0 Å². The molecule has 0 aliphatic heterocycles. The van der Waals surface area contributed by atoms with Gasteiger partial charge in [0.15, 0.2) is 0 Å². The molecule has 0 saturated carbocycles. The molecule has 0 amide bonds. The second kappa shape index (κ2) is 5.67. The summed E-state index contributed by atoms with van der Waals surface area (Å²) in [5.74, 6) is -0.692. The van der Waals surface area contributed by atoms with Crippen LogP contribution in [0.5, 0.6) is 0 Å². The van der Waals surface area contributed by atoms with Crippen LogP contribution in [0.1, 0.15) is 25.2 Å². The molecule has 0 radical (unpaired) electrons. The molecule has 3 nitrogen and oxygen atoms in total. The van der Waals surface area contributed by atoms with Gasteiger partial charge in [-0.15, -0.1) is 0 Å². The van der Waals surface area contributed by atoms with Gasteiger partial charge in [-0.05, 0) is 0 Å². The number of nitrogens with one attached hydrogen (secondary N) is 1. The largest absolute Gasteiger partial charge is 0.459 e. The van der Waals surface area contributed by atoms with Crippen LogP contribution < -0.4 is 5.32 Å². The molecular weight excluding hydrogens is 252 g/mol. The predicted molar refractivity (Wildman–Crippen MR) is 68.8 cm³/mol. The number of fused-ring (bicyclic) bond motifs is 1. The molecule has 1 heterocycles. The third kappa shape index (κ3) is 2.93. The first-order valence-electron chi connectivity index (χ1n) is 6.14.